The average molecular weight is 387 g/mol. The van der Waals surface area contributed by atoms with Crippen molar-refractivity contribution in [2.45, 2.75) is 106 Å². The zero-order chi connectivity index (χ0) is 20.2. The van der Waals surface area contributed by atoms with Crippen molar-refractivity contribution in [3.63, 3.8) is 0 Å². The first-order valence-electron chi connectivity index (χ1n) is 11.8. The van der Waals surface area contributed by atoms with Gasteiger partial charge in [-0.1, -0.05) is 54.5 Å². The Hall–Kier alpha value is -0.700. The Morgan fingerprint density at radius 1 is 0.893 bits per heavy atom. The van der Waals surface area contributed by atoms with Gasteiger partial charge in [-0.25, -0.2) is 0 Å². The van der Waals surface area contributed by atoms with Crippen LogP contribution in [-0.2, 0) is 0 Å². The maximum atomic E-state index is 4.00. The van der Waals surface area contributed by atoms with Crippen LogP contribution < -0.4 is 0 Å². The minimum absolute atomic E-state index is 0. The highest BCUT2D eigenvalue weighted by Crippen LogP contribution is 2.67. The van der Waals surface area contributed by atoms with E-state index in [4.69, 9.17) is 0 Å². The van der Waals surface area contributed by atoms with E-state index in [1.54, 1.807) is 32.1 Å². The Bertz CT molecular complexity index is 501. The first kappa shape index (κ1) is 25.3. The number of fused-ring (bicyclic) bond motifs is 5. The summed E-state index contributed by atoms with van der Waals surface area (Å²) in [6.07, 6.45) is 24.8. The van der Waals surface area contributed by atoms with E-state index in [2.05, 4.69) is 54.0 Å². The van der Waals surface area contributed by atoms with Gasteiger partial charge >= 0.3 is 0 Å². The molecule has 0 heteroatoms. The molecule has 4 rings (SSSR count). The van der Waals surface area contributed by atoms with Gasteiger partial charge in [0, 0.05) is 0 Å². The summed E-state index contributed by atoms with van der Waals surface area (Å²) < 4.78 is 0. The van der Waals surface area contributed by atoms with Gasteiger partial charge in [-0.3, -0.25) is 0 Å². The van der Waals surface area contributed by atoms with E-state index in [1.807, 2.05) is 6.08 Å². The normalized spacial score (nSPS) is 46.0. The molecular formula is C28H50. The minimum Gasteiger partial charge on any atom is -0.124 e. The lowest BCUT2D eigenvalue weighted by Crippen LogP contribution is -2.53. The molecule has 162 valence electrons. The Morgan fingerprint density at radius 3 is 2.07 bits per heavy atom. The second-order valence-corrected chi connectivity index (χ2v) is 10.8. The van der Waals surface area contributed by atoms with Crippen LogP contribution in [0.1, 0.15) is 106 Å². The van der Waals surface area contributed by atoms with Crippen molar-refractivity contribution in [2.24, 2.45) is 46.3 Å². The summed E-state index contributed by atoms with van der Waals surface area (Å²) in [6.45, 7) is 16.0. The second-order valence-electron chi connectivity index (χ2n) is 10.8. The van der Waals surface area contributed by atoms with Gasteiger partial charge < -0.3 is 0 Å². The van der Waals surface area contributed by atoms with Crippen molar-refractivity contribution in [2.75, 3.05) is 0 Å². The number of allylic oxidation sites excluding steroid dienone is 1. The number of terminal acetylenes is 1. The topological polar surface area (TPSA) is 0 Å². The maximum Gasteiger partial charge on any atom is -0.0264 e. The van der Waals surface area contributed by atoms with E-state index in [0.29, 0.717) is 10.8 Å². The largest absolute Gasteiger partial charge is 0.124 e. The van der Waals surface area contributed by atoms with Crippen molar-refractivity contribution in [3.8, 4) is 12.8 Å². The summed E-state index contributed by atoms with van der Waals surface area (Å²) in [5.41, 5.74) is 1.40. The molecule has 4 aliphatic rings. The summed E-state index contributed by atoms with van der Waals surface area (Å²) in [5, 5.41) is 0. The Kier molecular flexibility index (Phi) is 9.38. The Morgan fingerprint density at radius 2 is 1.46 bits per heavy atom. The van der Waals surface area contributed by atoms with Crippen molar-refractivity contribution in [3.05, 3.63) is 12.7 Å². The van der Waals surface area contributed by atoms with Crippen LogP contribution in [0, 0.1) is 59.2 Å². The van der Waals surface area contributed by atoms with E-state index in [1.165, 1.54) is 25.7 Å². The summed E-state index contributed by atoms with van der Waals surface area (Å²) in [4.78, 5) is 0. The highest BCUT2D eigenvalue weighted by Gasteiger charge is 2.59. The van der Waals surface area contributed by atoms with Crippen LogP contribution in [0.3, 0.4) is 0 Å². The predicted molar refractivity (Wildman–Crippen MR) is 127 cm³/mol. The molecule has 8 atom stereocenters. The number of hydrogen-bond acceptors (Lipinski definition) is 0. The van der Waals surface area contributed by atoms with E-state index in [0.717, 1.165) is 41.9 Å². The van der Waals surface area contributed by atoms with Gasteiger partial charge in [0.1, 0.15) is 0 Å². The van der Waals surface area contributed by atoms with Gasteiger partial charge in [-0.05, 0) is 104 Å². The molecule has 0 aromatic rings. The monoisotopic (exact) mass is 386 g/mol. The van der Waals surface area contributed by atoms with Gasteiger partial charge in [-0.2, -0.15) is 0 Å². The second kappa shape index (κ2) is 10.4. The molecule has 0 aliphatic heterocycles. The average Bonchev–Trinajstić information content (AvgIpc) is 2.98. The molecule has 8 unspecified atom stereocenters. The van der Waals surface area contributed by atoms with Crippen LogP contribution in [0.5, 0.6) is 0 Å². The van der Waals surface area contributed by atoms with Gasteiger partial charge in [-0.15, -0.1) is 19.4 Å². The van der Waals surface area contributed by atoms with Crippen LogP contribution in [0.25, 0.3) is 0 Å². The molecular weight excluding hydrogens is 336 g/mol. The molecule has 0 N–H and O–H groups in total. The van der Waals surface area contributed by atoms with Crippen LogP contribution in [0.2, 0.25) is 0 Å². The smallest absolute Gasteiger partial charge is 0.0264 e. The molecule has 0 aromatic carbocycles. The SMILES string of the molecule is C.C#C.C=CCC.CC1CCC2CCC3C4CCC(C)C4(C)CCC3C2(C)C1. The summed E-state index contributed by atoms with van der Waals surface area (Å²) in [7, 11) is 0. The van der Waals surface area contributed by atoms with Crippen LogP contribution >= 0.6 is 0 Å². The summed E-state index contributed by atoms with van der Waals surface area (Å²) in [6, 6.07) is 0. The molecule has 4 aliphatic carbocycles. The molecule has 0 amide bonds. The highest BCUT2D eigenvalue weighted by molar-refractivity contribution is 5.08. The maximum absolute atomic E-state index is 4.00. The van der Waals surface area contributed by atoms with E-state index < -0.39 is 0 Å². The first-order valence-corrected chi connectivity index (χ1v) is 11.8. The summed E-state index contributed by atoms with van der Waals surface area (Å²) in [5.74, 6) is 6.27. The van der Waals surface area contributed by atoms with Gasteiger partial charge in [0.05, 0.1) is 0 Å². The van der Waals surface area contributed by atoms with Crippen molar-refractivity contribution in [1.29, 1.82) is 0 Å². The lowest BCUT2D eigenvalue weighted by atomic mass is 9.44. The standard InChI is InChI=1S/C21H36.C4H8.C2H2.CH4/c1-14-5-7-16-8-9-17-18-10-6-15(2)20(18,3)12-11-19(17)21(16,4)13-14;1-3-4-2;1-2;/h14-19H,5-13H2,1-4H3;3H,1,4H2,2H3;1-2H;1H4. The van der Waals surface area contributed by atoms with E-state index in [-0.39, 0.29) is 7.43 Å². The zero-order valence-corrected chi connectivity index (χ0v) is 19.0. The third-order valence-corrected chi connectivity index (χ3v) is 9.62. The molecule has 0 spiro atoms. The summed E-state index contributed by atoms with van der Waals surface area (Å²) >= 11 is 0. The van der Waals surface area contributed by atoms with Crippen molar-refractivity contribution >= 4 is 0 Å². The fraction of sp³-hybridized carbons (Fsp3) is 0.857. The quantitative estimate of drug-likeness (QED) is 0.312. The van der Waals surface area contributed by atoms with Gasteiger partial charge in [0.15, 0.2) is 0 Å². The lowest BCUT2D eigenvalue weighted by molar-refractivity contribution is -0.117. The number of rotatable bonds is 1. The fourth-order valence-electron chi connectivity index (χ4n) is 7.93. The molecule has 0 bridgehead atoms. The zero-order valence-electron chi connectivity index (χ0n) is 19.0. The Labute approximate surface area is 178 Å². The molecule has 28 heavy (non-hydrogen) atoms. The molecule has 0 nitrogen and oxygen atoms in total. The minimum atomic E-state index is 0. The van der Waals surface area contributed by atoms with E-state index >= 15 is 0 Å². The van der Waals surface area contributed by atoms with Crippen LogP contribution in [0.4, 0.5) is 0 Å². The van der Waals surface area contributed by atoms with E-state index in [9.17, 15) is 0 Å². The van der Waals surface area contributed by atoms with Crippen molar-refractivity contribution < 1.29 is 0 Å². The lowest BCUT2D eigenvalue weighted by Gasteiger charge is -2.61. The molecule has 0 saturated heterocycles. The molecule has 0 aromatic heterocycles. The predicted octanol–water partition coefficient (Wildman–Crippen LogP) is 8.77. The van der Waals surface area contributed by atoms with Crippen LogP contribution in [-0.4, -0.2) is 0 Å². The molecule has 0 radical (unpaired) electrons. The van der Waals surface area contributed by atoms with Crippen molar-refractivity contribution in [1.82, 2.24) is 0 Å². The number of hydrogen-bond donors (Lipinski definition) is 0. The third kappa shape index (κ3) is 4.40. The van der Waals surface area contributed by atoms with Gasteiger partial charge in [0.25, 0.3) is 0 Å². The van der Waals surface area contributed by atoms with Gasteiger partial charge in [0.2, 0.25) is 0 Å². The Balaban J connectivity index is 0.000000503. The molecule has 4 saturated carbocycles. The fourth-order valence-corrected chi connectivity index (χ4v) is 7.93. The molecule has 0 heterocycles. The molecule has 4 fully saturated rings. The first-order chi connectivity index (χ1) is 12.9. The highest BCUT2D eigenvalue weighted by atomic mass is 14.6. The van der Waals surface area contributed by atoms with Crippen LogP contribution in [0.15, 0.2) is 12.7 Å². The third-order valence-electron chi connectivity index (χ3n) is 9.62.